The molecule has 0 atom stereocenters. The van der Waals surface area contributed by atoms with E-state index in [9.17, 15) is 14.4 Å². The highest BCUT2D eigenvalue weighted by atomic mass is 16.5. The van der Waals surface area contributed by atoms with Crippen LogP contribution < -0.4 is 24.4 Å². The first kappa shape index (κ1) is 19.0. The maximum absolute atomic E-state index is 12.9. The largest absolute Gasteiger partial charge is 0.497 e. The Morgan fingerprint density at radius 3 is 2.14 bits per heavy atom. The van der Waals surface area contributed by atoms with Gasteiger partial charge >= 0.3 is 6.03 Å². The van der Waals surface area contributed by atoms with Crippen LogP contribution in [0, 0.1) is 0 Å². The first-order chi connectivity index (χ1) is 13.5. The molecule has 1 N–H and O–H groups in total. The van der Waals surface area contributed by atoms with E-state index in [-0.39, 0.29) is 5.57 Å². The van der Waals surface area contributed by atoms with Crippen molar-refractivity contribution in [1.82, 2.24) is 5.32 Å². The Hall–Kier alpha value is -3.81. The molecule has 144 valence electrons. The Morgan fingerprint density at radius 2 is 1.54 bits per heavy atom. The topological polar surface area (TPSA) is 94.2 Å². The van der Waals surface area contributed by atoms with Gasteiger partial charge in [0.1, 0.15) is 11.3 Å². The van der Waals surface area contributed by atoms with Crippen LogP contribution in [-0.2, 0) is 9.59 Å². The van der Waals surface area contributed by atoms with E-state index >= 15 is 0 Å². The van der Waals surface area contributed by atoms with Crippen molar-refractivity contribution >= 4 is 29.6 Å². The quantitative estimate of drug-likeness (QED) is 0.630. The number of anilines is 1. The van der Waals surface area contributed by atoms with Crippen LogP contribution in [0.3, 0.4) is 0 Å². The van der Waals surface area contributed by atoms with E-state index in [4.69, 9.17) is 14.2 Å². The lowest BCUT2D eigenvalue weighted by molar-refractivity contribution is -0.122. The van der Waals surface area contributed by atoms with Gasteiger partial charge in [-0.3, -0.25) is 14.9 Å². The summed E-state index contributed by atoms with van der Waals surface area (Å²) in [4.78, 5) is 38.2. The van der Waals surface area contributed by atoms with E-state index in [1.54, 1.807) is 42.5 Å². The van der Waals surface area contributed by atoms with E-state index < -0.39 is 17.8 Å². The number of hydrogen-bond donors (Lipinski definition) is 1. The molecule has 0 bridgehead atoms. The summed E-state index contributed by atoms with van der Waals surface area (Å²) in [7, 11) is 4.50. The maximum Gasteiger partial charge on any atom is 0.335 e. The molecule has 0 aromatic heterocycles. The molecule has 8 nitrogen and oxygen atoms in total. The normalized spacial score (nSPS) is 15.5. The van der Waals surface area contributed by atoms with Gasteiger partial charge in [-0.1, -0.05) is 6.07 Å². The summed E-state index contributed by atoms with van der Waals surface area (Å²) in [5, 5.41) is 2.18. The van der Waals surface area contributed by atoms with Gasteiger partial charge in [-0.15, -0.1) is 0 Å². The molecule has 0 unspecified atom stereocenters. The van der Waals surface area contributed by atoms with E-state index in [0.29, 0.717) is 28.5 Å². The molecule has 4 amide bonds. The van der Waals surface area contributed by atoms with Gasteiger partial charge in [-0.05, 0) is 48.0 Å². The number of hydrogen-bond acceptors (Lipinski definition) is 6. The number of carbonyl (C=O) groups excluding carboxylic acids is 3. The van der Waals surface area contributed by atoms with Crippen molar-refractivity contribution < 1.29 is 28.6 Å². The number of imide groups is 2. The third kappa shape index (κ3) is 3.52. The molecule has 0 aliphatic carbocycles. The fourth-order valence-corrected chi connectivity index (χ4v) is 2.73. The van der Waals surface area contributed by atoms with Crippen molar-refractivity contribution in [3.8, 4) is 17.2 Å². The number of urea groups is 1. The van der Waals surface area contributed by atoms with E-state index in [2.05, 4.69) is 5.32 Å². The molecule has 28 heavy (non-hydrogen) atoms. The zero-order chi connectivity index (χ0) is 20.3. The summed E-state index contributed by atoms with van der Waals surface area (Å²) in [6.45, 7) is 0. The van der Waals surface area contributed by atoms with Crippen LogP contribution in [-0.4, -0.2) is 39.2 Å². The molecule has 0 spiro atoms. The lowest BCUT2D eigenvalue weighted by atomic mass is 10.1. The van der Waals surface area contributed by atoms with Gasteiger partial charge in [0.15, 0.2) is 11.5 Å². The van der Waals surface area contributed by atoms with Crippen molar-refractivity contribution in [1.29, 1.82) is 0 Å². The third-order valence-corrected chi connectivity index (χ3v) is 4.15. The number of barbiturate groups is 1. The molecule has 3 rings (SSSR count). The lowest BCUT2D eigenvalue weighted by Crippen LogP contribution is -2.54. The van der Waals surface area contributed by atoms with Crippen LogP contribution in [0.2, 0.25) is 0 Å². The number of ether oxygens (including phenoxy) is 3. The zero-order valence-electron chi connectivity index (χ0n) is 15.5. The number of amides is 4. The Labute approximate surface area is 161 Å². The summed E-state index contributed by atoms with van der Waals surface area (Å²) >= 11 is 0. The van der Waals surface area contributed by atoms with Crippen LogP contribution in [0.5, 0.6) is 17.2 Å². The van der Waals surface area contributed by atoms with Crippen molar-refractivity contribution in [2.45, 2.75) is 0 Å². The summed E-state index contributed by atoms with van der Waals surface area (Å²) in [5.41, 5.74) is 0.678. The van der Waals surface area contributed by atoms with E-state index in [1.165, 1.54) is 27.4 Å². The van der Waals surface area contributed by atoms with Crippen LogP contribution in [0.15, 0.2) is 48.0 Å². The van der Waals surface area contributed by atoms with Crippen molar-refractivity contribution in [3.05, 3.63) is 53.6 Å². The van der Waals surface area contributed by atoms with Crippen LogP contribution in [0.4, 0.5) is 10.5 Å². The van der Waals surface area contributed by atoms with Gasteiger partial charge in [-0.25, -0.2) is 9.69 Å². The van der Waals surface area contributed by atoms with Gasteiger partial charge in [0.2, 0.25) is 0 Å². The molecule has 1 fully saturated rings. The number of carbonyl (C=O) groups is 3. The van der Waals surface area contributed by atoms with Gasteiger partial charge < -0.3 is 14.2 Å². The van der Waals surface area contributed by atoms with Crippen LogP contribution in [0.25, 0.3) is 6.08 Å². The minimum absolute atomic E-state index is 0.178. The molecule has 1 heterocycles. The average molecular weight is 382 g/mol. The Balaban J connectivity index is 1.98. The third-order valence-electron chi connectivity index (χ3n) is 4.15. The summed E-state index contributed by atoms with van der Waals surface area (Å²) < 4.78 is 15.5. The minimum Gasteiger partial charge on any atom is -0.497 e. The molecule has 2 aromatic rings. The SMILES string of the molecule is COc1ccc(N2C(=O)NC(=O)C(=Cc3ccc(OC)c(OC)c3)C2=O)cc1. The number of benzene rings is 2. The van der Waals surface area contributed by atoms with Crippen molar-refractivity contribution in [3.63, 3.8) is 0 Å². The first-order valence-corrected chi connectivity index (χ1v) is 8.26. The van der Waals surface area contributed by atoms with Gasteiger partial charge in [-0.2, -0.15) is 0 Å². The molecule has 2 aromatic carbocycles. The first-order valence-electron chi connectivity index (χ1n) is 8.26. The highest BCUT2D eigenvalue weighted by Crippen LogP contribution is 2.29. The number of rotatable bonds is 5. The number of methoxy groups -OCH3 is 3. The molecule has 1 aliphatic heterocycles. The molecule has 0 saturated carbocycles. The van der Waals surface area contributed by atoms with Gasteiger partial charge in [0.05, 0.1) is 27.0 Å². The molecule has 0 radical (unpaired) electrons. The molecule has 8 heteroatoms. The average Bonchev–Trinajstić information content (AvgIpc) is 2.71. The van der Waals surface area contributed by atoms with Crippen LogP contribution >= 0.6 is 0 Å². The molecular weight excluding hydrogens is 364 g/mol. The van der Waals surface area contributed by atoms with Crippen molar-refractivity contribution in [2.24, 2.45) is 0 Å². The fraction of sp³-hybridized carbons (Fsp3) is 0.150. The highest BCUT2D eigenvalue weighted by Gasteiger charge is 2.36. The maximum atomic E-state index is 12.9. The summed E-state index contributed by atoms with van der Waals surface area (Å²) in [5.74, 6) is 0.0387. The Bertz CT molecular complexity index is 965. The second kappa shape index (κ2) is 7.83. The molecule has 1 aliphatic rings. The zero-order valence-corrected chi connectivity index (χ0v) is 15.5. The molecule has 1 saturated heterocycles. The van der Waals surface area contributed by atoms with Crippen LogP contribution in [0.1, 0.15) is 5.56 Å². The Kier molecular flexibility index (Phi) is 5.30. The number of nitrogens with one attached hydrogen (secondary N) is 1. The second-order valence-corrected chi connectivity index (χ2v) is 5.77. The van der Waals surface area contributed by atoms with Crippen molar-refractivity contribution in [2.75, 3.05) is 26.2 Å². The summed E-state index contributed by atoms with van der Waals surface area (Å²) in [6.07, 6.45) is 1.39. The standard InChI is InChI=1S/C20H18N2O6/c1-26-14-7-5-13(6-8-14)22-19(24)15(18(23)21-20(22)25)10-12-4-9-16(27-2)17(11-12)28-3/h4-11H,1-3H3,(H,21,23,25). The minimum atomic E-state index is -0.815. The van der Waals surface area contributed by atoms with Gasteiger partial charge in [0.25, 0.3) is 11.8 Å². The molecular formula is C20H18N2O6. The second-order valence-electron chi connectivity index (χ2n) is 5.77. The summed E-state index contributed by atoms with van der Waals surface area (Å²) in [6, 6.07) is 10.5. The predicted molar refractivity (Wildman–Crippen MR) is 102 cm³/mol. The lowest BCUT2D eigenvalue weighted by Gasteiger charge is -2.26. The fourth-order valence-electron chi connectivity index (χ4n) is 2.73. The van der Waals surface area contributed by atoms with E-state index in [1.807, 2.05) is 0 Å². The Morgan fingerprint density at radius 1 is 0.857 bits per heavy atom. The van der Waals surface area contributed by atoms with Gasteiger partial charge in [0, 0.05) is 0 Å². The monoisotopic (exact) mass is 382 g/mol. The predicted octanol–water partition coefficient (Wildman–Crippen LogP) is 2.38. The number of nitrogens with zero attached hydrogens (tertiary/aromatic N) is 1. The highest BCUT2D eigenvalue weighted by molar-refractivity contribution is 6.39. The van der Waals surface area contributed by atoms with E-state index in [0.717, 1.165) is 4.90 Å². The smallest absolute Gasteiger partial charge is 0.335 e.